The van der Waals surface area contributed by atoms with Crippen LogP contribution in [0, 0.1) is 6.92 Å². The van der Waals surface area contributed by atoms with Crippen molar-refractivity contribution >= 4 is 28.0 Å². The van der Waals surface area contributed by atoms with Crippen LogP contribution < -0.4 is 4.74 Å². The van der Waals surface area contributed by atoms with E-state index in [1.54, 1.807) is 6.08 Å². The zero-order valence-electron chi connectivity index (χ0n) is 11.5. The lowest BCUT2D eigenvalue weighted by Crippen LogP contribution is -1.99. The van der Waals surface area contributed by atoms with Crippen molar-refractivity contribution < 1.29 is 14.6 Å². The number of rotatable bonds is 5. The van der Waals surface area contributed by atoms with E-state index in [4.69, 9.17) is 9.84 Å². The van der Waals surface area contributed by atoms with Gasteiger partial charge in [-0.05, 0) is 36.3 Å². The maximum atomic E-state index is 10.6. The average Bonchev–Trinajstić information content (AvgIpc) is 2.46. The molecule has 2 aromatic rings. The van der Waals surface area contributed by atoms with Crippen LogP contribution in [0.15, 0.2) is 53.0 Å². The molecule has 0 aromatic heterocycles. The monoisotopic (exact) mass is 346 g/mol. The third kappa shape index (κ3) is 4.46. The van der Waals surface area contributed by atoms with Crippen molar-refractivity contribution in [3.05, 3.63) is 69.7 Å². The van der Waals surface area contributed by atoms with Crippen LogP contribution in [0.4, 0.5) is 0 Å². The normalized spacial score (nSPS) is 10.8. The number of benzene rings is 2. The van der Waals surface area contributed by atoms with Crippen LogP contribution in [0.1, 0.15) is 16.7 Å². The number of ether oxygens (including phenoxy) is 1. The number of hydrogen-bond acceptors (Lipinski definition) is 2. The van der Waals surface area contributed by atoms with Gasteiger partial charge in [0, 0.05) is 16.1 Å². The second-order valence-electron chi connectivity index (χ2n) is 4.58. The summed E-state index contributed by atoms with van der Waals surface area (Å²) in [5.74, 6) is -0.270. The van der Waals surface area contributed by atoms with E-state index in [0.717, 1.165) is 27.2 Å². The standard InChI is InChI=1S/C17H15BrO3/c1-12-3-2-4-14(7-10-16(19)20)17(12)21-11-13-5-8-15(18)9-6-13/h2-10H,11H2,1H3,(H,19,20)/b10-7+. The lowest BCUT2D eigenvalue weighted by Gasteiger charge is -2.12. The summed E-state index contributed by atoms with van der Waals surface area (Å²) in [5.41, 5.74) is 2.78. The third-order valence-corrected chi connectivity index (χ3v) is 3.47. The van der Waals surface area contributed by atoms with E-state index in [0.29, 0.717) is 12.4 Å². The van der Waals surface area contributed by atoms with Crippen LogP contribution in [-0.4, -0.2) is 11.1 Å². The molecule has 0 aliphatic carbocycles. The summed E-state index contributed by atoms with van der Waals surface area (Å²) >= 11 is 3.39. The molecule has 0 unspecified atom stereocenters. The summed E-state index contributed by atoms with van der Waals surface area (Å²) in [6.45, 7) is 2.38. The molecule has 1 N–H and O–H groups in total. The van der Waals surface area contributed by atoms with Crippen molar-refractivity contribution in [2.45, 2.75) is 13.5 Å². The molecule has 0 atom stereocenters. The van der Waals surface area contributed by atoms with E-state index >= 15 is 0 Å². The van der Waals surface area contributed by atoms with Crippen LogP contribution in [0.5, 0.6) is 5.75 Å². The van der Waals surface area contributed by atoms with Crippen molar-refractivity contribution in [2.75, 3.05) is 0 Å². The highest BCUT2D eigenvalue weighted by Crippen LogP contribution is 2.26. The Balaban J connectivity index is 2.18. The van der Waals surface area contributed by atoms with Crippen molar-refractivity contribution in [2.24, 2.45) is 0 Å². The lowest BCUT2D eigenvalue weighted by molar-refractivity contribution is -0.131. The molecule has 3 nitrogen and oxygen atoms in total. The largest absolute Gasteiger partial charge is 0.488 e. The summed E-state index contributed by atoms with van der Waals surface area (Å²) in [6, 6.07) is 13.5. The predicted molar refractivity (Wildman–Crippen MR) is 86.3 cm³/mol. The Labute approximate surface area is 132 Å². The van der Waals surface area contributed by atoms with Crippen LogP contribution in [0.2, 0.25) is 0 Å². The Morgan fingerprint density at radius 3 is 2.62 bits per heavy atom. The van der Waals surface area contributed by atoms with Crippen molar-refractivity contribution in [1.82, 2.24) is 0 Å². The molecular weight excluding hydrogens is 332 g/mol. The maximum Gasteiger partial charge on any atom is 0.328 e. The molecule has 21 heavy (non-hydrogen) atoms. The van der Waals surface area contributed by atoms with Gasteiger partial charge in [0.2, 0.25) is 0 Å². The fraction of sp³-hybridized carbons (Fsp3) is 0.118. The molecule has 2 rings (SSSR count). The minimum atomic E-state index is -0.977. The molecular formula is C17H15BrO3. The summed E-state index contributed by atoms with van der Waals surface area (Å²) < 4.78 is 6.89. The Hall–Kier alpha value is -2.07. The third-order valence-electron chi connectivity index (χ3n) is 2.94. The lowest BCUT2D eigenvalue weighted by atomic mass is 10.1. The number of carboxylic acids is 1. The first-order valence-electron chi connectivity index (χ1n) is 6.44. The molecule has 0 radical (unpaired) electrons. The van der Waals surface area contributed by atoms with Gasteiger partial charge in [-0.25, -0.2) is 4.79 Å². The number of para-hydroxylation sites is 1. The van der Waals surface area contributed by atoms with Gasteiger partial charge in [0.25, 0.3) is 0 Å². The second kappa shape index (κ2) is 7.09. The molecule has 2 aromatic carbocycles. The molecule has 0 amide bonds. The van der Waals surface area contributed by atoms with Crippen LogP contribution >= 0.6 is 15.9 Å². The van der Waals surface area contributed by atoms with Gasteiger partial charge in [0.15, 0.2) is 0 Å². The number of carboxylic acid groups (broad SMARTS) is 1. The number of halogens is 1. The summed E-state index contributed by atoms with van der Waals surface area (Å²) in [6.07, 6.45) is 2.66. The van der Waals surface area contributed by atoms with E-state index in [-0.39, 0.29) is 0 Å². The number of aryl methyl sites for hydroxylation is 1. The highest BCUT2D eigenvalue weighted by atomic mass is 79.9. The molecule has 0 spiro atoms. The van der Waals surface area contributed by atoms with E-state index in [2.05, 4.69) is 15.9 Å². The van der Waals surface area contributed by atoms with Crippen LogP contribution in [0.3, 0.4) is 0 Å². The molecule has 0 bridgehead atoms. The number of carbonyl (C=O) groups is 1. The fourth-order valence-corrected chi connectivity index (χ4v) is 2.17. The van der Waals surface area contributed by atoms with Gasteiger partial charge >= 0.3 is 5.97 Å². The van der Waals surface area contributed by atoms with Gasteiger partial charge in [-0.3, -0.25) is 0 Å². The fourth-order valence-electron chi connectivity index (χ4n) is 1.90. The van der Waals surface area contributed by atoms with Gasteiger partial charge in [-0.1, -0.05) is 46.3 Å². The maximum absolute atomic E-state index is 10.6. The van der Waals surface area contributed by atoms with E-state index < -0.39 is 5.97 Å². The first-order valence-corrected chi connectivity index (χ1v) is 7.23. The van der Waals surface area contributed by atoms with E-state index in [1.807, 2.05) is 49.4 Å². The molecule has 0 heterocycles. The first kappa shape index (κ1) is 15.3. The van der Waals surface area contributed by atoms with Gasteiger partial charge in [0.1, 0.15) is 12.4 Å². The first-order chi connectivity index (χ1) is 10.1. The summed E-state index contributed by atoms with van der Waals surface area (Å²) in [5, 5.41) is 8.74. The van der Waals surface area contributed by atoms with Crippen LogP contribution in [0.25, 0.3) is 6.08 Å². The Morgan fingerprint density at radius 1 is 1.24 bits per heavy atom. The minimum absolute atomic E-state index is 0.437. The molecule has 0 aliphatic rings. The summed E-state index contributed by atoms with van der Waals surface area (Å²) in [4.78, 5) is 10.6. The molecule has 108 valence electrons. The SMILES string of the molecule is Cc1cccc(/C=C/C(=O)O)c1OCc1ccc(Br)cc1. The average molecular weight is 347 g/mol. The van der Waals surface area contributed by atoms with Crippen LogP contribution in [-0.2, 0) is 11.4 Å². The highest BCUT2D eigenvalue weighted by molar-refractivity contribution is 9.10. The zero-order valence-corrected chi connectivity index (χ0v) is 13.1. The molecule has 0 aliphatic heterocycles. The Morgan fingerprint density at radius 2 is 1.95 bits per heavy atom. The number of hydrogen-bond donors (Lipinski definition) is 1. The van der Waals surface area contributed by atoms with Crippen molar-refractivity contribution in [3.8, 4) is 5.75 Å². The molecule has 0 saturated heterocycles. The quantitative estimate of drug-likeness (QED) is 0.814. The predicted octanol–water partition coefficient (Wildman–Crippen LogP) is 4.43. The Kier molecular flexibility index (Phi) is 5.17. The number of aliphatic carboxylic acids is 1. The van der Waals surface area contributed by atoms with Gasteiger partial charge in [0.05, 0.1) is 0 Å². The van der Waals surface area contributed by atoms with Gasteiger partial charge in [-0.2, -0.15) is 0 Å². The Bertz CT molecular complexity index is 660. The van der Waals surface area contributed by atoms with E-state index in [1.165, 1.54) is 0 Å². The molecule has 0 saturated carbocycles. The van der Waals surface area contributed by atoms with Gasteiger partial charge in [-0.15, -0.1) is 0 Å². The second-order valence-corrected chi connectivity index (χ2v) is 5.50. The topological polar surface area (TPSA) is 46.5 Å². The van der Waals surface area contributed by atoms with E-state index in [9.17, 15) is 4.79 Å². The molecule has 0 fully saturated rings. The highest BCUT2D eigenvalue weighted by Gasteiger charge is 2.05. The van der Waals surface area contributed by atoms with Crippen molar-refractivity contribution in [3.63, 3.8) is 0 Å². The molecule has 4 heteroatoms. The minimum Gasteiger partial charge on any atom is -0.488 e. The summed E-state index contributed by atoms with van der Waals surface area (Å²) in [7, 11) is 0. The smallest absolute Gasteiger partial charge is 0.328 e. The van der Waals surface area contributed by atoms with Gasteiger partial charge < -0.3 is 9.84 Å². The zero-order chi connectivity index (χ0) is 15.2. The van der Waals surface area contributed by atoms with Crippen molar-refractivity contribution in [1.29, 1.82) is 0 Å².